The van der Waals surface area contributed by atoms with Gasteiger partial charge < -0.3 is 10.2 Å². The highest BCUT2D eigenvalue weighted by Gasteiger charge is 2.61. The van der Waals surface area contributed by atoms with Crippen LogP contribution in [0.15, 0.2) is 12.2 Å². The van der Waals surface area contributed by atoms with Crippen LogP contribution in [0.25, 0.3) is 0 Å². The molecule has 118 valence electrons. The molecule has 0 aromatic rings. The Morgan fingerprint density at radius 3 is 2.57 bits per heavy atom. The molecule has 0 unspecified atom stereocenters. The summed E-state index contributed by atoms with van der Waals surface area (Å²) in [6, 6.07) is 0. The van der Waals surface area contributed by atoms with Crippen LogP contribution in [-0.2, 0) is 0 Å². The smallest absolute Gasteiger partial charge is 0.0855 e. The second-order valence-corrected chi connectivity index (χ2v) is 8.86. The Morgan fingerprint density at radius 2 is 1.76 bits per heavy atom. The Bertz CT molecular complexity index is 458. The van der Waals surface area contributed by atoms with Gasteiger partial charge in [-0.25, -0.2) is 0 Å². The number of aliphatic hydroxyl groups is 2. The molecule has 21 heavy (non-hydrogen) atoms. The predicted molar refractivity (Wildman–Crippen MR) is 83.6 cm³/mol. The molecule has 0 aromatic carbocycles. The summed E-state index contributed by atoms with van der Waals surface area (Å²) in [5.74, 6) is 2.93. The number of hydrogen-bond acceptors (Lipinski definition) is 2. The Hall–Kier alpha value is -0.340. The Balaban J connectivity index is 1.67. The summed E-state index contributed by atoms with van der Waals surface area (Å²) in [7, 11) is 0. The van der Waals surface area contributed by atoms with Crippen LogP contribution in [0.4, 0.5) is 0 Å². The molecular weight excluding hydrogens is 260 g/mol. The van der Waals surface area contributed by atoms with E-state index in [4.69, 9.17) is 0 Å². The fourth-order valence-electron chi connectivity index (χ4n) is 6.83. The molecule has 4 aliphatic carbocycles. The van der Waals surface area contributed by atoms with Crippen molar-refractivity contribution in [1.29, 1.82) is 0 Å². The minimum absolute atomic E-state index is 0.0334. The number of fused-ring (bicyclic) bond motifs is 5. The zero-order valence-electron chi connectivity index (χ0n) is 13.5. The van der Waals surface area contributed by atoms with Gasteiger partial charge in [-0.05, 0) is 79.4 Å². The van der Waals surface area contributed by atoms with Crippen LogP contribution in [0.5, 0.6) is 0 Å². The van der Waals surface area contributed by atoms with Gasteiger partial charge in [0.15, 0.2) is 0 Å². The quantitative estimate of drug-likeness (QED) is 0.670. The summed E-state index contributed by atoms with van der Waals surface area (Å²) in [5, 5.41) is 20.7. The first kappa shape index (κ1) is 14.3. The van der Waals surface area contributed by atoms with Crippen molar-refractivity contribution in [1.82, 2.24) is 0 Å². The number of aliphatic hydroxyl groups excluding tert-OH is 2. The molecule has 0 saturated heterocycles. The molecular formula is C19H30O2. The van der Waals surface area contributed by atoms with Gasteiger partial charge in [-0.1, -0.05) is 26.0 Å². The Morgan fingerprint density at radius 1 is 0.952 bits per heavy atom. The topological polar surface area (TPSA) is 40.5 Å². The molecule has 4 aliphatic rings. The maximum atomic E-state index is 10.5. The van der Waals surface area contributed by atoms with E-state index in [-0.39, 0.29) is 5.41 Å². The number of allylic oxidation sites excluding steroid dienone is 2. The van der Waals surface area contributed by atoms with Gasteiger partial charge in [-0.2, -0.15) is 0 Å². The van der Waals surface area contributed by atoms with E-state index in [0.29, 0.717) is 11.3 Å². The molecule has 3 fully saturated rings. The van der Waals surface area contributed by atoms with Crippen molar-refractivity contribution in [3.05, 3.63) is 12.2 Å². The monoisotopic (exact) mass is 290 g/mol. The lowest BCUT2D eigenvalue weighted by molar-refractivity contribution is -0.113. The van der Waals surface area contributed by atoms with Crippen molar-refractivity contribution in [2.75, 3.05) is 0 Å². The Kier molecular flexibility index (Phi) is 3.11. The second kappa shape index (κ2) is 4.58. The lowest BCUT2D eigenvalue weighted by Gasteiger charge is -2.59. The number of hydrogen-bond donors (Lipinski definition) is 2. The van der Waals surface area contributed by atoms with E-state index in [0.717, 1.165) is 30.6 Å². The van der Waals surface area contributed by atoms with E-state index >= 15 is 0 Å². The second-order valence-electron chi connectivity index (χ2n) is 8.86. The van der Waals surface area contributed by atoms with Crippen LogP contribution in [0.1, 0.15) is 58.8 Å². The largest absolute Gasteiger partial charge is 0.390 e. The van der Waals surface area contributed by atoms with Crippen LogP contribution >= 0.6 is 0 Å². The molecule has 2 nitrogen and oxygen atoms in total. The zero-order chi connectivity index (χ0) is 14.8. The van der Waals surface area contributed by atoms with Gasteiger partial charge >= 0.3 is 0 Å². The van der Waals surface area contributed by atoms with E-state index in [1.54, 1.807) is 0 Å². The van der Waals surface area contributed by atoms with Crippen molar-refractivity contribution in [3.8, 4) is 0 Å². The van der Waals surface area contributed by atoms with Gasteiger partial charge in [0.2, 0.25) is 0 Å². The summed E-state index contributed by atoms with van der Waals surface area (Å²) in [4.78, 5) is 0. The minimum Gasteiger partial charge on any atom is -0.390 e. The van der Waals surface area contributed by atoms with Gasteiger partial charge in [0, 0.05) is 0 Å². The Labute approximate surface area is 128 Å². The first-order valence-electron chi connectivity index (χ1n) is 8.98. The first-order valence-corrected chi connectivity index (χ1v) is 8.98. The van der Waals surface area contributed by atoms with Crippen molar-refractivity contribution in [3.63, 3.8) is 0 Å². The molecule has 0 heterocycles. The van der Waals surface area contributed by atoms with Crippen LogP contribution in [-0.4, -0.2) is 22.4 Å². The summed E-state index contributed by atoms with van der Waals surface area (Å²) in [5.41, 5.74) is 0.436. The number of rotatable bonds is 0. The average molecular weight is 290 g/mol. The summed E-state index contributed by atoms with van der Waals surface area (Å²) in [6.45, 7) is 4.77. The summed E-state index contributed by atoms with van der Waals surface area (Å²) >= 11 is 0. The molecule has 0 spiro atoms. The van der Waals surface area contributed by atoms with E-state index < -0.39 is 12.2 Å². The van der Waals surface area contributed by atoms with Crippen molar-refractivity contribution in [2.45, 2.75) is 71.0 Å². The van der Waals surface area contributed by atoms with Crippen molar-refractivity contribution in [2.24, 2.45) is 34.5 Å². The van der Waals surface area contributed by atoms with Gasteiger partial charge in [0.25, 0.3) is 0 Å². The third-order valence-corrected chi connectivity index (χ3v) is 8.18. The molecule has 0 radical (unpaired) electrons. The van der Waals surface area contributed by atoms with E-state index in [9.17, 15) is 10.2 Å². The third-order valence-electron chi connectivity index (χ3n) is 8.18. The molecule has 8 atom stereocenters. The van der Waals surface area contributed by atoms with E-state index in [1.165, 1.54) is 32.1 Å². The van der Waals surface area contributed by atoms with Crippen LogP contribution in [0.3, 0.4) is 0 Å². The fraction of sp³-hybridized carbons (Fsp3) is 0.895. The van der Waals surface area contributed by atoms with Gasteiger partial charge in [-0.15, -0.1) is 0 Å². The van der Waals surface area contributed by atoms with Crippen LogP contribution < -0.4 is 0 Å². The minimum atomic E-state index is -0.500. The van der Waals surface area contributed by atoms with Gasteiger partial charge in [0.1, 0.15) is 0 Å². The highest BCUT2D eigenvalue weighted by molar-refractivity contribution is 5.13. The molecule has 0 bridgehead atoms. The molecule has 3 saturated carbocycles. The zero-order valence-corrected chi connectivity index (χ0v) is 13.5. The van der Waals surface area contributed by atoms with Crippen molar-refractivity contribution < 1.29 is 10.2 Å². The first-order chi connectivity index (χ1) is 9.97. The highest BCUT2D eigenvalue weighted by Crippen LogP contribution is 2.65. The fourth-order valence-corrected chi connectivity index (χ4v) is 6.83. The summed E-state index contributed by atoms with van der Waals surface area (Å²) in [6.07, 6.45) is 12.2. The maximum absolute atomic E-state index is 10.5. The highest BCUT2D eigenvalue weighted by atomic mass is 16.3. The molecule has 4 rings (SSSR count). The molecule has 0 aromatic heterocycles. The molecule has 0 amide bonds. The lowest BCUT2D eigenvalue weighted by atomic mass is 9.46. The molecule has 2 N–H and O–H groups in total. The summed E-state index contributed by atoms with van der Waals surface area (Å²) < 4.78 is 0. The SMILES string of the molecule is C[C@]12CC=CC[C@@H]1CC[C@@H]1[C@@H]2CC[C@]2(C)[C@H](O)[C@H](O)C[C@@H]12. The normalized spacial score (nSPS) is 59.2. The maximum Gasteiger partial charge on any atom is 0.0855 e. The third kappa shape index (κ3) is 1.78. The van der Waals surface area contributed by atoms with Gasteiger partial charge in [0.05, 0.1) is 12.2 Å². The lowest BCUT2D eigenvalue weighted by Crippen LogP contribution is -2.53. The van der Waals surface area contributed by atoms with Crippen LogP contribution in [0, 0.1) is 34.5 Å². The average Bonchev–Trinajstić information content (AvgIpc) is 2.70. The van der Waals surface area contributed by atoms with E-state index in [1.807, 2.05) is 0 Å². The van der Waals surface area contributed by atoms with Crippen LogP contribution in [0.2, 0.25) is 0 Å². The predicted octanol–water partition coefficient (Wildman–Crippen LogP) is 3.53. The van der Waals surface area contributed by atoms with E-state index in [2.05, 4.69) is 26.0 Å². The van der Waals surface area contributed by atoms with Crippen molar-refractivity contribution >= 4 is 0 Å². The van der Waals surface area contributed by atoms with Gasteiger partial charge in [-0.3, -0.25) is 0 Å². The molecule has 0 aliphatic heterocycles. The standard InChI is InChI=1S/C19H30O2/c1-18-9-4-3-5-12(18)6-7-13-14(18)8-10-19(2)15(13)11-16(20)17(19)21/h3-4,12-17,20-21H,5-11H2,1-2H3/t12-,13-,14+,15+,16-,17-,18+,19+/m1/s1. The molecule has 2 heteroatoms.